The van der Waals surface area contributed by atoms with Crippen molar-refractivity contribution in [2.45, 2.75) is 25.8 Å². The third kappa shape index (κ3) is 4.46. The molecule has 2 aliphatic heterocycles. The zero-order valence-electron chi connectivity index (χ0n) is 16.7. The molecule has 2 aromatic carbocycles. The SMILES string of the molecule is C[C@@H](NC(=O)CCC(=O)N1CCOc2ccc(Cl)cc21)c1ccc2c(c1)OCCO2. The van der Waals surface area contributed by atoms with Crippen molar-refractivity contribution < 1.29 is 23.8 Å². The van der Waals surface area contributed by atoms with Crippen LogP contribution < -0.4 is 24.4 Å². The van der Waals surface area contributed by atoms with E-state index in [2.05, 4.69) is 5.32 Å². The molecule has 1 N–H and O–H groups in total. The van der Waals surface area contributed by atoms with E-state index in [0.29, 0.717) is 54.3 Å². The summed E-state index contributed by atoms with van der Waals surface area (Å²) in [4.78, 5) is 26.8. The first-order valence-corrected chi connectivity index (χ1v) is 10.3. The number of benzene rings is 2. The van der Waals surface area contributed by atoms with E-state index in [-0.39, 0.29) is 30.7 Å². The molecule has 0 fully saturated rings. The third-order valence-electron chi connectivity index (χ3n) is 5.09. The molecule has 2 amide bonds. The van der Waals surface area contributed by atoms with Crippen molar-refractivity contribution in [1.82, 2.24) is 5.32 Å². The zero-order valence-corrected chi connectivity index (χ0v) is 17.4. The second-order valence-corrected chi connectivity index (χ2v) is 7.63. The summed E-state index contributed by atoms with van der Waals surface area (Å²) in [5.74, 6) is 1.68. The smallest absolute Gasteiger partial charge is 0.227 e. The van der Waals surface area contributed by atoms with E-state index in [1.807, 2.05) is 25.1 Å². The summed E-state index contributed by atoms with van der Waals surface area (Å²) in [5, 5.41) is 3.47. The van der Waals surface area contributed by atoms with Crippen LogP contribution in [0.2, 0.25) is 5.02 Å². The Morgan fingerprint density at radius 1 is 1.00 bits per heavy atom. The molecule has 8 heteroatoms. The molecule has 0 aromatic heterocycles. The summed E-state index contributed by atoms with van der Waals surface area (Å²) in [6, 6.07) is 10.6. The molecule has 0 unspecified atom stereocenters. The molecule has 2 aromatic rings. The summed E-state index contributed by atoms with van der Waals surface area (Å²) >= 11 is 6.06. The maximum Gasteiger partial charge on any atom is 0.227 e. The number of hydrogen-bond acceptors (Lipinski definition) is 5. The van der Waals surface area contributed by atoms with E-state index in [1.165, 1.54) is 0 Å². The summed E-state index contributed by atoms with van der Waals surface area (Å²) in [5.41, 5.74) is 1.56. The summed E-state index contributed by atoms with van der Waals surface area (Å²) in [6.07, 6.45) is 0.201. The van der Waals surface area contributed by atoms with Crippen LogP contribution in [0.25, 0.3) is 0 Å². The Bertz CT molecular complexity index is 965. The van der Waals surface area contributed by atoms with E-state index >= 15 is 0 Å². The number of carbonyl (C=O) groups is 2. The molecule has 0 aliphatic carbocycles. The van der Waals surface area contributed by atoms with Crippen molar-refractivity contribution in [3.63, 3.8) is 0 Å². The highest BCUT2D eigenvalue weighted by Crippen LogP contribution is 2.35. The number of ether oxygens (including phenoxy) is 3. The number of hydrogen-bond donors (Lipinski definition) is 1. The lowest BCUT2D eigenvalue weighted by atomic mass is 10.1. The number of rotatable bonds is 5. The third-order valence-corrected chi connectivity index (χ3v) is 5.33. The maximum absolute atomic E-state index is 12.7. The van der Waals surface area contributed by atoms with Gasteiger partial charge in [-0.05, 0) is 42.8 Å². The van der Waals surface area contributed by atoms with Crippen LogP contribution >= 0.6 is 11.6 Å². The Balaban J connectivity index is 1.33. The maximum atomic E-state index is 12.7. The Kier molecular flexibility index (Phi) is 5.99. The van der Waals surface area contributed by atoms with E-state index in [9.17, 15) is 9.59 Å². The average Bonchev–Trinajstić information content (AvgIpc) is 2.76. The predicted molar refractivity (Wildman–Crippen MR) is 113 cm³/mol. The van der Waals surface area contributed by atoms with Crippen molar-refractivity contribution in [3.8, 4) is 17.2 Å². The van der Waals surface area contributed by atoms with Crippen LogP contribution in [-0.2, 0) is 9.59 Å². The monoisotopic (exact) mass is 430 g/mol. The molecule has 0 spiro atoms. The van der Waals surface area contributed by atoms with E-state index < -0.39 is 0 Å². The van der Waals surface area contributed by atoms with Gasteiger partial charge in [0.1, 0.15) is 25.6 Å². The molecule has 2 aliphatic rings. The quantitative estimate of drug-likeness (QED) is 0.785. The number of anilines is 1. The number of halogens is 1. The summed E-state index contributed by atoms with van der Waals surface area (Å²) in [6.45, 7) is 3.78. The fourth-order valence-electron chi connectivity index (χ4n) is 3.53. The first-order chi connectivity index (χ1) is 14.5. The normalized spacial score (nSPS) is 15.6. The minimum absolute atomic E-state index is 0.0982. The predicted octanol–water partition coefficient (Wildman–Crippen LogP) is 3.49. The Labute approximate surface area is 179 Å². The highest BCUT2D eigenvalue weighted by Gasteiger charge is 2.24. The minimum atomic E-state index is -0.216. The summed E-state index contributed by atoms with van der Waals surface area (Å²) < 4.78 is 16.7. The second-order valence-electron chi connectivity index (χ2n) is 7.20. The van der Waals surface area contributed by atoms with Crippen molar-refractivity contribution >= 4 is 29.1 Å². The lowest BCUT2D eigenvalue weighted by Crippen LogP contribution is -2.38. The molecule has 158 valence electrons. The first kappa shape index (κ1) is 20.3. The van der Waals surface area contributed by atoms with Crippen molar-refractivity contribution in [2.24, 2.45) is 0 Å². The van der Waals surface area contributed by atoms with Crippen molar-refractivity contribution in [2.75, 3.05) is 31.3 Å². The van der Waals surface area contributed by atoms with Gasteiger partial charge in [-0.15, -0.1) is 0 Å². The molecule has 0 saturated heterocycles. The molecule has 30 heavy (non-hydrogen) atoms. The summed E-state index contributed by atoms with van der Waals surface area (Å²) in [7, 11) is 0. The second kappa shape index (κ2) is 8.83. The van der Waals surface area contributed by atoms with Gasteiger partial charge in [0, 0.05) is 17.9 Å². The zero-order chi connectivity index (χ0) is 21.1. The fourth-order valence-corrected chi connectivity index (χ4v) is 3.70. The van der Waals surface area contributed by atoms with Crippen molar-refractivity contribution in [3.05, 3.63) is 47.0 Å². The molecule has 0 radical (unpaired) electrons. The van der Waals surface area contributed by atoms with Crippen LogP contribution in [0.15, 0.2) is 36.4 Å². The van der Waals surface area contributed by atoms with Crippen LogP contribution in [0.3, 0.4) is 0 Å². The van der Waals surface area contributed by atoms with Gasteiger partial charge in [-0.2, -0.15) is 0 Å². The molecule has 0 bridgehead atoms. The van der Waals surface area contributed by atoms with Gasteiger partial charge in [0.2, 0.25) is 11.8 Å². The number of fused-ring (bicyclic) bond motifs is 2. The van der Waals surface area contributed by atoms with Crippen molar-refractivity contribution in [1.29, 1.82) is 0 Å². The molecule has 0 saturated carbocycles. The van der Waals surface area contributed by atoms with Gasteiger partial charge in [0.05, 0.1) is 18.3 Å². The number of nitrogens with zero attached hydrogens (tertiary/aromatic N) is 1. The van der Waals surface area contributed by atoms with Gasteiger partial charge in [0.25, 0.3) is 0 Å². The number of amides is 2. The number of carbonyl (C=O) groups excluding carboxylic acids is 2. The molecular weight excluding hydrogens is 408 g/mol. The number of nitrogens with one attached hydrogen (secondary N) is 1. The molecule has 7 nitrogen and oxygen atoms in total. The van der Waals surface area contributed by atoms with Gasteiger partial charge in [-0.3, -0.25) is 9.59 Å². The van der Waals surface area contributed by atoms with Crippen LogP contribution in [0.4, 0.5) is 5.69 Å². The van der Waals surface area contributed by atoms with Gasteiger partial charge < -0.3 is 24.4 Å². The highest BCUT2D eigenvalue weighted by molar-refractivity contribution is 6.31. The van der Waals surface area contributed by atoms with E-state index in [4.69, 9.17) is 25.8 Å². The van der Waals surface area contributed by atoms with Gasteiger partial charge >= 0.3 is 0 Å². The Morgan fingerprint density at radius 3 is 2.57 bits per heavy atom. The largest absolute Gasteiger partial charge is 0.490 e. The molecule has 1 atom stereocenters. The molecule has 2 heterocycles. The van der Waals surface area contributed by atoms with Crippen LogP contribution in [0, 0.1) is 0 Å². The van der Waals surface area contributed by atoms with Crippen LogP contribution in [0.1, 0.15) is 31.4 Å². The Hall–Kier alpha value is -2.93. The molecular formula is C22H23ClN2O5. The minimum Gasteiger partial charge on any atom is -0.490 e. The fraction of sp³-hybridized carbons (Fsp3) is 0.364. The van der Waals surface area contributed by atoms with Crippen LogP contribution in [-0.4, -0.2) is 38.2 Å². The van der Waals surface area contributed by atoms with Gasteiger partial charge in [0.15, 0.2) is 11.5 Å². The van der Waals surface area contributed by atoms with E-state index in [1.54, 1.807) is 23.1 Å². The lowest BCUT2D eigenvalue weighted by Gasteiger charge is -2.29. The molecule has 4 rings (SSSR count). The first-order valence-electron chi connectivity index (χ1n) is 9.93. The van der Waals surface area contributed by atoms with Gasteiger partial charge in [-0.1, -0.05) is 17.7 Å². The Morgan fingerprint density at radius 2 is 1.73 bits per heavy atom. The average molecular weight is 431 g/mol. The standard InChI is InChI=1S/C22H23ClN2O5/c1-14(15-2-4-19-20(12-15)30-11-10-29-19)24-21(26)6-7-22(27)25-8-9-28-18-5-3-16(23)13-17(18)25/h2-5,12-14H,6-11H2,1H3,(H,24,26)/t14-/m1/s1. The van der Waals surface area contributed by atoms with E-state index in [0.717, 1.165) is 5.56 Å². The lowest BCUT2D eigenvalue weighted by molar-refractivity contribution is -0.125. The van der Waals surface area contributed by atoms with Crippen LogP contribution in [0.5, 0.6) is 17.2 Å². The topological polar surface area (TPSA) is 77.1 Å². The highest BCUT2D eigenvalue weighted by atomic mass is 35.5. The van der Waals surface area contributed by atoms with Gasteiger partial charge in [-0.25, -0.2) is 0 Å².